The maximum atomic E-state index is 12.3. The smallest absolute Gasteiger partial charge is 0.256 e. The number of hydrogen-bond acceptors (Lipinski definition) is 5. The van der Waals surface area contributed by atoms with E-state index in [2.05, 4.69) is 15.6 Å². The molecule has 28 heavy (non-hydrogen) atoms. The molecule has 1 aromatic heterocycles. The van der Waals surface area contributed by atoms with Crippen molar-refractivity contribution in [3.63, 3.8) is 0 Å². The maximum Gasteiger partial charge on any atom is 0.256 e. The van der Waals surface area contributed by atoms with Crippen LogP contribution < -0.4 is 20.1 Å². The lowest BCUT2D eigenvalue weighted by molar-refractivity contribution is 0.102. The molecule has 0 fully saturated rings. The van der Waals surface area contributed by atoms with Crippen LogP contribution in [0.3, 0.4) is 0 Å². The van der Waals surface area contributed by atoms with Crippen LogP contribution in [-0.4, -0.2) is 24.1 Å². The van der Waals surface area contributed by atoms with Gasteiger partial charge in [0, 0.05) is 5.56 Å². The number of ether oxygens (including phenoxy) is 2. The van der Waals surface area contributed by atoms with Gasteiger partial charge in [0.15, 0.2) is 0 Å². The minimum absolute atomic E-state index is 0.0802. The number of hydrogen-bond donors (Lipinski definition) is 2. The predicted molar refractivity (Wildman–Crippen MR) is 111 cm³/mol. The molecule has 2 N–H and O–H groups in total. The summed E-state index contributed by atoms with van der Waals surface area (Å²) in [7, 11) is 1.59. The number of carbonyl (C=O) groups is 1. The molecule has 1 heterocycles. The molecule has 0 unspecified atom stereocenters. The van der Waals surface area contributed by atoms with Gasteiger partial charge in [0.1, 0.15) is 17.3 Å². The Balaban J connectivity index is 1.66. The topological polar surface area (TPSA) is 72.5 Å². The Bertz CT molecular complexity index is 923. The minimum Gasteiger partial charge on any atom is -0.497 e. The summed E-state index contributed by atoms with van der Waals surface area (Å²) in [5.74, 6) is 1.71. The number of methoxy groups -OCH3 is 1. The molecule has 0 radical (unpaired) electrons. The number of amides is 1. The summed E-state index contributed by atoms with van der Waals surface area (Å²) in [5, 5.41) is 6.07. The summed E-state index contributed by atoms with van der Waals surface area (Å²) >= 11 is 0. The molecule has 6 nitrogen and oxygen atoms in total. The third kappa shape index (κ3) is 5.01. The molecule has 0 aliphatic heterocycles. The molecular formula is C22H23N3O3. The van der Waals surface area contributed by atoms with E-state index in [1.165, 1.54) is 0 Å². The van der Waals surface area contributed by atoms with Crippen LogP contribution in [0, 0.1) is 0 Å². The van der Waals surface area contributed by atoms with E-state index in [-0.39, 0.29) is 12.0 Å². The number of anilines is 3. The molecular weight excluding hydrogens is 354 g/mol. The fourth-order valence-electron chi connectivity index (χ4n) is 2.55. The van der Waals surface area contributed by atoms with Crippen molar-refractivity contribution in [2.75, 3.05) is 17.7 Å². The van der Waals surface area contributed by atoms with Gasteiger partial charge in [0.05, 0.1) is 30.8 Å². The zero-order chi connectivity index (χ0) is 19.9. The molecule has 0 aliphatic carbocycles. The fourth-order valence-corrected chi connectivity index (χ4v) is 2.55. The number of para-hydroxylation sites is 2. The quantitative estimate of drug-likeness (QED) is 0.614. The van der Waals surface area contributed by atoms with Crippen molar-refractivity contribution < 1.29 is 14.3 Å². The molecule has 3 rings (SSSR count). The lowest BCUT2D eigenvalue weighted by Gasteiger charge is -2.15. The van der Waals surface area contributed by atoms with Crippen LogP contribution in [0.1, 0.15) is 24.2 Å². The second-order valence-electron chi connectivity index (χ2n) is 6.40. The third-order valence-electron chi connectivity index (χ3n) is 3.89. The van der Waals surface area contributed by atoms with Crippen molar-refractivity contribution in [1.29, 1.82) is 0 Å². The van der Waals surface area contributed by atoms with Crippen LogP contribution >= 0.6 is 0 Å². The molecule has 3 aromatic rings. The van der Waals surface area contributed by atoms with Gasteiger partial charge >= 0.3 is 0 Å². The first kappa shape index (κ1) is 19.2. The predicted octanol–water partition coefficient (Wildman–Crippen LogP) is 4.87. The minimum atomic E-state index is -0.230. The molecule has 144 valence electrons. The molecule has 1 amide bonds. The van der Waals surface area contributed by atoms with Crippen molar-refractivity contribution in [1.82, 2.24) is 4.98 Å². The lowest BCUT2D eigenvalue weighted by atomic mass is 10.2. The Kier molecular flexibility index (Phi) is 6.11. The van der Waals surface area contributed by atoms with Crippen molar-refractivity contribution in [2.45, 2.75) is 20.0 Å². The van der Waals surface area contributed by atoms with Crippen molar-refractivity contribution in [2.24, 2.45) is 0 Å². The Morgan fingerprint density at radius 3 is 2.39 bits per heavy atom. The Labute approximate surface area is 164 Å². The van der Waals surface area contributed by atoms with Crippen LogP contribution in [0.15, 0.2) is 66.9 Å². The molecule has 0 aliphatic rings. The van der Waals surface area contributed by atoms with E-state index in [1.54, 1.807) is 43.6 Å². The molecule has 0 saturated carbocycles. The number of benzene rings is 2. The number of nitrogens with zero attached hydrogens (tertiary/aromatic N) is 1. The molecule has 6 heteroatoms. The monoisotopic (exact) mass is 377 g/mol. The van der Waals surface area contributed by atoms with Crippen LogP contribution in [0.5, 0.6) is 11.5 Å². The highest BCUT2D eigenvalue weighted by atomic mass is 16.5. The zero-order valence-corrected chi connectivity index (χ0v) is 16.1. The molecule has 0 saturated heterocycles. The van der Waals surface area contributed by atoms with Gasteiger partial charge in [-0.2, -0.15) is 0 Å². The normalized spacial score (nSPS) is 10.4. The number of pyridine rings is 1. The standard InChI is InChI=1S/C22H23N3O3/c1-15(2)28-20-7-5-4-6-19(20)24-17-10-13-21(23-14-17)25-22(26)16-8-11-18(27-3)12-9-16/h4-15,24H,1-3H3,(H,23,25,26). The van der Waals surface area contributed by atoms with Gasteiger partial charge < -0.3 is 20.1 Å². The van der Waals surface area contributed by atoms with E-state index in [4.69, 9.17) is 9.47 Å². The zero-order valence-electron chi connectivity index (χ0n) is 16.1. The molecule has 0 bridgehead atoms. The summed E-state index contributed by atoms with van der Waals surface area (Å²) < 4.78 is 10.9. The van der Waals surface area contributed by atoms with Gasteiger partial charge in [-0.3, -0.25) is 4.79 Å². The Hall–Kier alpha value is -3.54. The van der Waals surface area contributed by atoms with Gasteiger partial charge in [-0.1, -0.05) is 12.1 Å². The van der Waals surface area contributed by atoms with E-state index in [1.807, 2.05) is 44.2 Å². The number of carbonyl (C=O) groups excluding carboxylic acids is 1. The number of rotatable bonds is 7. The van der Waals surface area contributed by atoms with Crippen LogP contribution in [0.2, 0.25) is 0 Å². The second-order valence-corrected chi connectivity index (χ2v) is 6.40. The summed E-state index contributed by atoms with van der Waals surface area (Å²) in [6, 6.07) is 18.2. The van der Waals surface area contributed by atoms with E-state index < -0.39 is 0 Å². The van der Waals surface area contributed by atoms with E-state index >= 15 is 0 Å². The first-order valence-corrected chi connectivity index (χ1v) is 8.99. The van der Waals surface area contributed by atoms with E-state index in [9.17, 15) is 4.79 Å². The Morgan fingerprint density at radius 1 is 1.00 bits per heavy atom. The fraction of sp³-hybridized carbons (Fsp3) is 0.182. The highest BCUT2D eigenvalue weighted by Crippen LogP contribution is 2.28. The Morgan fingerprint density at radius 2 is 1.75 bits per heavy atom. The first-order chi connectivity index (χ1) is 13.5. The lowest BCUT2D eigenvalue weighted by Crippen LogP contribution is -2.12. The molecule has 0 atom stereocenters. The first-order valence-electron chi connectivity index (χ1n) is 8.99. The molecule has 2 aromatic carbocycles. The van der Waals surface area contributed by atoms with Gasteiger partial charge in [0.2, 0.25) is 0 Å². The summed E-state index contributed by atoms with van der Waals surface area (Å²) in [6.07, 6.45) is 1.74. The van der Waals surface area contributed by atoms with Crippen molar-refractivity contribution in [3.8, 4) is 11.5 Å². The SMILES string of the molecule is COc1ccc(C(=O)Nc2ccc(Nc3ccccc3OC(C)C)cn2)cc1. The largest absolute Gasteiger partial charge is 0.497 e. The van der Waals surface area contributed by atoms with Gasteiger partial charge in [-0.05, 0) is 62.4 Å². The average Bonchev–Trinajstić information content (AvgIpc) is 2.70. The van der Waals surface area contributed by atoms with Crippen molar-refractivity contribution >= 4 is 23.1 Å². The highest BCUT2D eigenvalue weighted by Gasteiger charge is 2.08. The summed E-state index contributed by atoms with van der Waals surface area (Å²) in [5.41, 5.74) is 2.18. The van der Waals surface area contributed by atoms with Crippen LogP contribution in [0.4, 0.5) is 17.2 Å². The van der Waals surface area contributed by atoms with E-state index in [0.29, 0.717) is 17.1 Å². The van der Waals surface area contributed by atoms with Crippen LogP contribution in [-0.2, 0) is 0 Å². The summed E-state index contributed by atoms with van der Waals surface area (Å²) in [6.45, 7) is 3.97. The third-order valence-corrected chi connectivity index (χ3v) is 3.89. The number of nitrogens with one attached hydrogen (secondary N) is 2. The molecule has 0 spiro atoms. The number of aromatic nitrogens is 1. The van der Waals surface area contributed by atoms with Crippen molar-refractivity contribution in [3.05, 3.63) is 72.4 Å². The van der Waals surface area contributed by atoms with Gasteiger partial charge in [-0.15, -0.1) is 0 Å². The average molecular weight is 377 g/mol. The van der Waals surface area contributed by atoms with Gasteiger partial charge in [0.25, 0.3) is 5.91 Å². The van der Waals surface area contributed by atoms with E-state index in [0.717, 1.165) is 17.1 Å². The summed E-state index contributed by atoms with van der Waals surface area (Å²) in [4.78, 5) is 16.6. The highest BCUT2D eigenvalue weighted by molar-refractivity contribution is 6.03. The van der Waals surface area contributed by atoms with Crippen LogP contribution in [0.25, 0.3) is 0 Å². The maximum absolute atomic E-state index is 12.3. The second kappa shape index (κ2) is 8.90. The van der Waals surface area contributed by atoms with Gasteiger partial charge in [-0.25, -0.2) is 4.98 Å².